The molecule has 2 fully saturated rings. The quantitative estimate of drug-likeness (QED) is 0.706. The van der Waals surface area contributed by atoms with Crippen LogP contribution in [0.4, 0.5) is 4.79 Å². The van der Waals surface area contributed by atoms with E-state index in [1.165, 1.54) is 12.7 Å². The molecule has 1 heterocycles. The van der Waals surface area contributed by atoms with Crippen LogP contribution in [0, 0.1) is 0 Å². The smallest absolute Gasteiger partial charge is 0.410 e. The van der Waals surface area contributed by atoms with Crippen molar-refractivity contribution in [1.82, 2.24) is 9.62 Å². The Kier molecular flexibility index (Phi) is 7.76. The Balaban J connectivity index is 1.62. The van der Waals surface area contributed by atoms with Gasteiger partial charge in [-0.2, -0.15) is 0 Å². The number of nitrogens with one attached hydrogen (secondary N) is 1. The highest BCUT2D eigenvalue weighted by atomic mass is 32.2. The molecule has 1 aromatic rings. The van der Waals surface area contributed by atoms with Crippen molar-refractivity contribution < 1.29 is 22.7 Å². The summed E-state index contributed by atoms with van der Waals surface area (Å²) in [6.07, 6.45) is 6.22. The highest BCUT2D eigenvalue weighted by Gasteiger charge is 2.45. The van der Waals surface area contributed by atoms with E-state index < -0.39 is 16.1 Å². The van der Waals surface area contributed by atoms with Gasteiger partial charge >= 0.3 is 6.09 Å². The molecule has 7 nitrogen and oxygen atoms in total. The molecule has 1 aromatic carbocycles. The van der Waals surface area contributed by atoms with Crippen molar-refractivity contribution in [2.75, 3.05) is 20.0 Å². The van der Waals surface area contributed by atoms with Gasteiger partial charge in [0, 0.05) is 12.1 Å². The van der Waals surface area contributed by atoms with Crippen LogP contribution in [0.5, 0.6) is 0 Å². The molecule has 1 aliphatic heterocycles. The summed E-state index contributed by atoms with van der Waals surface area (Å²) in [5.74, 6) is 0.563. The van der Waals surface area contributed by atoms with E-state index in [1.807, 2.05) is 13.0 Å². The predicted molar refractivity (Wildman–Crippen MR) is 116 cm³/mol. The van der Waals surface area contributed by atoms with Gasteiger partial charge in [-0.15, -0.1) is 0 Å². The lowest BCUT2D eigenvalue weighted by molar-refractivity contribution is -0.00944. The van der Waals surface area contributed by atoms with Crippen LogP contribution < -0.4 is 4.72 Å². The summed E-state index contributed by atoms with van der Waals surface area (Å²) < 4.78 is 37.6. The molecule has 1 amide bonds. The Hall–Kier alpha value is -1.64. The maximum atomic E-state index is 12.4. The monoisotopic (exact) mass is 438 g/mol. The number of benzene rings is 1. The molecule has 0 spiro atoms. The van der Waals surface area contributed by atoms with E-state index in [9.17, 15) is 13.2 Å². The van der Waals surface area contributed by atoms with Gasteiger partial charge in [0.15, 0.2) is 0 Å². The van der Waals surface area contributed by atoms with E-state index in [0.29, 0.717) is 18.9 Å². The molecule has 0 bridgehead atoms. The Morgan fingerprint density at radius 1 is 1.17 bits per heavy atom. The van der Waals surface area contributed by atoms with Gasteiger partial charge in [-0.1, -0.05) is 37.3 Å². The Morgan fingerprint density at radius 2 is 1.83 bits per heavy atom. The van der Waals surface area contributed by atoms with Gasteiger partial charge in [-0.05, 0) is 50.0 Å². The average molecular weight is 439 g/mol. The van der Waals surface area contributed by atoms with Crippen LogP contribution in [0.3, 0.4) is 0 Å². The van der Waals surface area contributed by atoms with E-state index in [-0.39, 0.29) is 24.2 Å². The van der Waals surface area contributed by atoms with Crippen LogP contribution in [0.1, 0.15) is 56.9 Å². The topological polar surface area (TPSA) is 84.9 Å². The number of sulfonamides is 1. The third kappa shape index (κ3) is 5.74. The molecule has 3 rings (SSSR count). The summed E-state index contributed by atoms with van der Waals surface area (Å²) in [5.41, 5.74) is 1.38. The van der Waals surface area contributed by atoms with Crippen molar-refractivity contribution in [2.24, 2.45) is 0 Å². The summed E-state index contributed by atoms with van der Waals surface area (Å²) in [6, 6.07) is 9.76. The van der Waals surface area contributed by atoms with E-state index in [1.54, 1.807) is 4.90 Å². The summed E-state index contributed by atoms with van der Waals surface area (Å²) in [7, 11) is -2.04. The summed E-state index contributed by atoms with van der Waals surface area (Å²) in [6.45, 7) is 2.30. The van der Waals surface area contributed by atoms with E-state index in [4.69, 9.17) is 9.47 Å². The van der Waals surface area contributed by atoms with Crippen LogP contribution >= 0.6 is 0 Å². The van der Waals surface area contributed by atoms with Gasteiger partial charge in [0.25, 0.3) is 0 Å². The van der Waals surface area contributed by atoms with Gasteiger partial charge in [0.05, 0.1) is 32.1 Å². The second-order valence-electron chi connectivity index (χ2n) is 8.46. The molecule has 3 atom stereocenters. The molecular weight excluding hydrogens is 404 g/mol. The molecule has 8 heteroatoms. The molecule has 30 heavy (non-hydrogen) atoms. The molecule has 1 saturated carbocycles. The van der Waals surface area contributed by atoms with Crippen molar-refractivity contribution in [3.63, 3.8) is 0 Å². The standard InChI is InChI=1S/C22H34N2O5S/c1-4-18-14-20(23-30(3,26)27)21(24(18)22(25)28-2)15-29-19-12-10-17(11-13-19)16-8-6-5-7-9-16/h5-9,17-21,23H,4,10-15H2,1-3H3/t17?,18-,19?,20+,21+/m1/s1. The van der Waals surface area contributed by atoms with Gasteiger partial charge in [-0.25, -0.2) is 17.9 Å². The highest BCUT2D eigenvalue weighted by molar-refractivity contribution is 7.88. The lowest BCUT2D eigenvalue weighted by Gasteiger charge is -2.33. The number of hydrogen-bond donors (Lipinski definition) is 1. The molecular formula is C22H34N2O5S. The first-order valence-electron chi connectivity index (χ1n) is 10.8. The first kappa shape index (κ1) is 23.0. The molecule has 0 unspecified atom stereocenters. The van der Waals surface area contributed by atoms with Crippen LogP contribution in [0.15, 0.2) is 30.3 Å². The first-order valence-corrected chi connectivity index (χ1v) is 12.7. The minimum Gasteiger partial charge on any atom is -0.453 e. The van der Waals surface area contributed by atoms with Crippen molar-refractivity contribution >= 4 is 16.1 Å². The zero-order valence-corrected chi connectivity index (χ0v) is 18.9. The number of carbonyl (C=O) groups excluding carboxylic acids is 1. The zero-order chi connectivity index (χ0) is 21.7. The zero-order valence-electron chi connectivity index (χ0n) is 18.1. The number of likely N-dealkylation sites (tertiary alicyclic amines) is 1. The first-order chi connectivity index (χ1) is 14.3. The average Bonchev–Trinajstić information content (AvgIpc) is 3.08. The number of hydrogen-bond acceptors (Lipinski definition) is 5. The summed E-state index contributed by atoms with van der Waals surface area (Å²) >= 11 is 0. The van der Waals surface area contributed by atoms with Crippen LogP contribution in [0.2, 0.25) is 0 Å². The number of ether oxygens (including phenoxy) is 2. The minimum atomic E-state index is -3.39. The maximum Gasteiger partial charge on any atom is 0.410 e. The second-order valence-corrected chi connectivity index (χ2v) is 10.2. The van der Waals surface area contributed by atoms with E-state index in [2.05, 4.69) is 29.0 Å². The number of methoxy groups -OCH3 is 1. The van der Waals surface area contributed by atoms with Crippen molar-refractivity contribution in [1.29, 1.82) is 0 Å². The fraction of sp³-hybridized carbons (Fsp3) is 0.682. The van der Waals surface area contributed by atoms with Gasteiger partial charge in [0.1, 0.15) is 0 Å². The molecule has 1 aliphatic carbocycles. The highest BCUT2D eigenvalue weighted by Crippen LogP contribution is 2.35. The SMILES string of the molecule is CC[C@@H]1C[C@H](NS(C)(=O)=O)[C@H](COC2CCC(c3ccccc3)CC2)N1C(=O)OC. The molecule has 0 radical (unpaired) electrons. The summed E-state index contributed by atoms with van der Waals surface area (Å²) in [4.78, 5) is 14.1. The van der Waals surface area contributed by atoms with Crippen LogP contribution in [0.25, 0.3) is 0 Å². The molecule has 2 aliphatic rings. The molecule has 168 valence electrons. The third-order valence-corrected chi connectivity index (χ3v) is 7.14. The van der Waals surface area contributed by atoms with Crippen molar-refractivity contribution in [2.45, 2.75) is 75.6 Å². The molecule has 0 aromatic heterocycles. The van der Waals surface area contributed by atoms with Crippen LogP contribution in [-0.4, -0.2) is 63.6 Å². The van der Waals surface area contributed by atoms with Crippen molar-refractivity contribution in [3.8, 4) is 0 Å². The van der Waals surface area contributed by atoms with Gasteiger partial charge in [0.2, 0.25) is 10.0 Å². The van der Waals surface area contributed by atoms with E-state index >= 15 is 0 Å². The lowest BCUT2D eigenvalue weighted by Crippen LogP contribution is -2.50. The Bertz CT molecular complexity index is 793. The fourth-order valence-corrected chi connectivity index (χ4v) is 5.71. The molecule has 1 N–H and O–H groups in total. The normalized spacial score (nSPS) is 29.7. The van der Waals surface area contributed by atoms with Gasteiger partial charge in [-0.3, -0.25) is 4.90 Å². The number of nitrogens with zero attached hydrogens (tertiary/aromatic N) is 1. The lowest BCUT2D eigenvalue weighted by atomic mass is 9.83. The van der Waals surface area contributed by atoms with Crippen LogP contribution in [-0.2, 0) is 19.5 Å². The predicted octanol–water partition coefficient (Wildman–Crippen LogP) is 3.27. The second kappa shape index (κ2) is 10.1. The Morgan fingerprint density at radius 3 is 2.40 bits per heavy atom. The number of amides is 1. The number of rotatable bonds is 7. The fourth-order valence-electron chi connectivity index (χ4n) is 4.90. The minimum absolute atomic E-state index is 0.0703. The van der Waals surface area contributed by atoms with E-state index in [0.717, 1.165) is 38.4 Å². The Labute approximate surface area is 180 Å². The summed E-state index contributed by atoms with van der Waals surface area (Å²) in [5, 5.41) is 0. The maximum absolute atomic E-state index is 12.4. The molecule has 1 saturated heterocycles. The van der Waals surface area contributed by atoms with Gasteiger partial charge < -0.3 is 9.47 Å². The largest absolute Gasteiger partial charge is 0.453 e. The number of carbonyl (C=O) groups is 1. The third-order valence-electron chi connectivity index (χ3n) is 6.41. The van der Waals surface area contributed by atoms with Crippen molar-refractivity contribution in [3.05, 3.63) is 35.9 Å².